The first-order chi connectivity index (χ1) is 8.77. The molecular formula is C10H11ClF3N3O2. The normalized spacial score (nSPS) is 22.4. The van der Waals surface area contributed by atoms with Crippen LogP contribution in [0.3, 0.4) is 0 Å². The minimum atomic E-state index is -4.31. The van der Waals surface area contributed by atoms with Crippen LogP contribution in [0.4, 0.5) is 19.0 Å². The predicted molar refractivity (Wildman–Crippen MR) is 60.8 cm³/mol. The number of carbonyl (C=O) groups is 1. The number of aromatic nitrogens is 2. The number of rotatable bonds is 3. The Bertz CT molecular complexity index is 515. The lowest BCUT2D eigenvalue weighted by atomic mass is 10.4. The Morgan fingerprint density at radius 1 is 1.63 bits per heavy atom. The van der Waals surface area contributed by atoms with Gasteiger partial charge in [-0.1, -0.05) is 0 Å². The van der Waals surface area contributed by atoms with Gasteiger partial charge in [0, 0.05) is 0 Å². The summed E-state index contributed by atoms with van der Waals surface area (Å²) in [6.07, 6.45) is -4.43. The number of nitrogen functional groups attached to an aromatic ring is 1. The minimum absolute atomic E-state index is 0.108. The van der Waals surface area contributed by atoms with Gasteiger partial charge >= 0.3 is 12.1 Å². The van der Waals surface area contributed by atoms with E-state index in [1.807, 2.05) is 0 Å². The van der Waals surface area contributed by atoms with Crippen LogP contribution in [0.1, 0.15) is 29.9 Å². The molecule has 1 aromatic heterocycles. The molecule has 1 saturated carbocycles. The number of nitrogens with two attached hydrogens (primary N) is 1. The highest BCUT2D eigenvalue weighted by Gasteiger charge is 2.57. The van der Waals surface area contributed by atoms with E-state index >= 15 is 0 Å². The van der Waals surface area contributed by atoms with Gasteiger partial charge in [-0.3, -0.25) is 4.57 Å². The Morgan fingerprint density at radius 2 is 2.26 bits per heavy atom. The molecule has 0 amide bonds. The van der Waals surface area contributed by atoms with Crippen LogP contribution in [-0.2, 0) is 4.74 Å². The van der Waals surface area contributed by atoms with Crippen molar-refractivity contribution in [2.24, 2.45) is 5.92 Å². The molecule has 2 atom stereocenters. The zero-order valence-corrected chi connectivity index (χ0v) is 10.6. The summed E-state index contributed by atoms with van der Waals surface area (Å²) in [5.74, 6) is -2.50. The predicted octanol–water partition coefficient (Wildman–Crippen LogP) is 2.42. The molecule has 1 unspecified atom stereocenters. The second-order valence-corrected chi connectivity index (χ2v) is 4.49. The van der Waals surface area contributed by atoms with Crippen molar-refractivity contribution in [3.63, 3.8) is 0 Å². The molecule has 1 aliphatic rings. The van der Waals surface area contributed by atoms with Gasteiger partial charge in [-0.25, -0.2) is 9.78 Å². The van der Waals surface area contributed by atoms with Gasteiger partial charge in [0.2, 0.25) is 5.28 Å². The van der Waals surface area contributed by atoms with Gasteiger partial charge in [-0.05, 0) is 24.9 Å². The maximum atomic E-state index is 12.5. The van der Waals surface area contributed by atoms with E-state index in [-0.39, 0.29) is 29.8 Å². The zero-order chi connectivity index (χ0) is 14.4. The molecule has 0 spiro atoms. The topological polar surface area (TPSA) is 70.1 Å². The van der Waals surface area contributed by atoms with Gasteiger partial charge in [-0.15, -0.1) is 0 Å². The summed E-state index contributed by atoms with van der Waals surface area (Å²) in [6.45, 7) is 1.70. The molecule has 1 aliphatic carbocycles. The standard InChI is InChI=1S/C10H11ClF3N3O2/c1-2-19-8(18)6-7(15)17(9(11)16-6)5-3-4(5)10(12,13)14/h4-5H,2-3,15H2,1H3/t4-,5?/m0/s1. The highest BCUT2D eigenvalue weighted by molar-refractivity contribution is 6.29. The summed E-state index contributed by atoms with van der Waals surface area (Å²) in [4.78, 5) is 15.2. The quantitative estimate of drug-likeness (QED) is 0.870. The largest absolute Gasteiger partial charge is 0.461 e. The average Bonchev–Trinajstić information content (AvgIpc) is 3.01. The van der Waals surface area contributed by atoms with E-state index in [1.165, 1.54) is 0 Å². The Kier molecular flexibility index (Phi) is 3.38. The van der Waals surface area contributed by atoms with Gasteiger partial charge in [-0.2, -0.15) is 13.2 Å². The Hall–Kier alpha value is -1.44. The second-order valence-electron chi connectivity index (χ2n) is 4.16. The first-order valence-corrected chi connectivity index (χ1v) is 5.92. The monoisotopic (exact) mass is 297 g/mol. The van der Waals surface area contributed by atoms with Crippen LogP contribution in [0.15, 0.2) is 0 Å². The van der Waals surface area contributed by atoms with Crippen molar-refractivity contribution in [1.82, 2.24) is 9.55 Å². The number of nitrogens with zero attached hydrogens (tertiary/aromatic N) is 2. The fraction of sp³-hybridized carbons (Fsp3) is 0.600. The van der Waals surface area contributed by atoms with E-state index in [4.69, 9.17) is 22.1 Å². The van der Waals surface area contributed by atoms with Crippen molar-refractivity contribution < 1.29 is 22.7 Å². The van der Waals surface area contributed by atoms with E-state index in [1.54, 1.807) is 6.92 Å². The van der Waals surface area contributed by atoms with Gasteiger partial charge in [0.1, 0.15) is 5.82 Å². The van der Waals surface area contributed by atoms with Crippen molar-refractivity contribution in [1.29, 1.82) is 0 Å². The molecule has 0 saturated heterocycles. The lowest BCUT2D eigenvalue weighted by Crippen LogP contribution is -2.15. The lowest BCUT2D eigenvalue weighted by Gasteiger charge is -2.08. The fourth-order valence-corrected chi connectivity index (χ4v) is 2.20. The molecule has 9 heteroatoms. The molecule has 0 aromatic carbocycles. The molecule has 19 heavy (non-hydrogen) atoms. The number of halogens is 4. The highest BCUT2D eigenvalue weighted by atomic mass is 35.5. The van der Waals surface area contributed by atoms with Gasteiger partial charge in [0.25, 0.3) is 0 Å². The SMILES string of the molecule is CCOC(=O)c1nc(Cl)n(C2C[C@@H]2C(F)(F)F)c1N. The molecule has 106 valence electrons. The van der Waals surface area contributed by atoms with Crippen LogP contribution < -0.4 is 5.73 Å². The van der Waals surface area contributed by atoms with Gasteiger partial charge < -0.3 is 10.5 Å². The maximum Gasteiger partial charge on any atom is 0.393 e. The number of alkyl halides is 3. The van der Waals surface area contributed by atoms with Crippen LogP contribution >= 0.6 is 11.6 Å². The summed E-state index contributed by atoms with van der Waals surface area (Å²) >= 11 is 5.74. The van der Waals surface area contributed by atoms with E-state index < -0.39 is 24.1 Å². The average molecular weight is 298 g/mol. The summed E-state index contributed by atoms with van der Waals surface area (Å²) in [5.41, 5.74) is 5.38. The number of esters is 1. The molecular weight excluding hydrogens is 287 g/mol. The Balaban J connectivity index is 2.27. The molecule has 2 N–H and O–H groups in total. The third-order valence-electron chi connectivity index (χ3n) is 2.88. The summed E-state index contributed by atoms with van der Waals surface area (Å²) < 4.78 is 43.3. The van der Waals surface area contributed by atoms with E-state index in [9.17, 15) is 18.0 Å². The summed E-state index contributed by atoms with van der Waals surface area (Å²) in [5, 5.41) is -0.239. The maximum absolute atomic E-state index is 12.5. The van der Waals surface area contributed by atoms with Crippen molar-refractivity contribution in [2.45, 2.75) is 25.6 Å². The minimum Gasteiger partial charge on any atom is -0.461 e. The van der Waals surface area contributed by atoms with E-state index in [0.29, 0.717) is 0 Å². The molecule has 0 bridgehead atoms. The molecule has 1 aromatic rings. The van der Waals surface area contributed by atoms with Gasteiger partial charge in [0.15, 0.2) is 5.69 Å². The van der Waals surface area contributed by atoms with E-state index in [2.05, 4.69) is 4.98 Å². The number of imidazole rings is 1. The first-order valence-electron chi connectivity index (χ1n) is 5.54. The van der Waals surface area contributed by atoms with Crippen LogP contribution in [-0.4, -0.2) is 28.3 Å². The molecule has 2 rings (SSSR count). The molecule has 0 aliphatic heterocycles. The van der Waals surface area contributed by atoms with Crippen molar-refractivity contribution in [3.8, 4) is 0 Å². The molecule has 5 nitrogen and oxygen atoms in total. The molecule has 1 fully saturated rings. The van der Waals surface area contributed by atoms with Gasteiger partial charge in [0.05, 0.1) is 18.6 Å². The first kappa shape index (κ1) is 14.0. The second kappa shape index (κ2) is 4.59. The third-order valence-corrected chi connectivity index (χ3v) is 3.15. The third kappa shape index (κ3) is 2.49. The van der Waals surface area contributed by atoms with Crippen LogP contribution in [0, 0.1) is 5.92 Å². The lowest BCUT2D eigenvalue weighted by molar-refractivity contribution is -0.150. The molecule has 1 heterocycles. The Labute approximate surface area is 111 Å². The number of carbonyl (C=O) groups excluding carboxylic acids is 1. The zero-order valence-electron chi connectivity index (χ0n) is 9.87. The Morgan fingerprint density at radius 3 is 2.74 bits per heavy atom. The molecule has 0 radical (unpaired) electrons. The summed E-state index contributed by atoms with van der Waals surface area (Å²) in [6, 6.07) is -0.900. The number of ether oxygens (including phenoxy) is 1. The van der Waals surface area contributed by atoms with E-state index in [0.717, 1.165) is 4.57 Å². The number of hydrogen-bond acceptors (Lipinski definition) is 4. The van der Waals surface area contributed by atoms with Crippen LogP contribution in [0.25, 0.3) is 0 Å². The smallest absolute Gasteiger partial charge is 0.393 e. The van der Waals surface area contributed by atoms with Crippen molar-refractivity contribution in [3.05, 3.63) is 11.0 Å². The summed E-state index contributed by atoms with van der Waals surface area (Å²) in [7, 11) is 0. The van der Waals surface area contributed by atoms with Crippen molar-refractivity contribution >= 4 is 23.4 Å². The van der Waals surface area contributed by atoms with Crippen LogP contribution in [0.5, 0.6) is 0 Å². The van der Waals surface area contributed by atoms with Crippen molar-refractivity contribution in [2.75, 3.05) is 12.3 Å². The fourth-order valence-electron chi connectivity index (χ4n) is 1.90. The van der Waals surface area contributed by atoms with Crippen LogP contribution in [0.2, 0.25) is 5.28 Å². The highest BCUT2D eigenvalue weighted by Crippen LogP contribution is 2.55. The number of hydrogen-bond donors (Lipinski definition) is 1. The number of anilines is 1.